The summed E-state index contributed by atoms with van der Waals surface area (Å²) in [5.74, 6) is 0. The number of nitriles is 1. The largest absolute Gasteiger partial charge is 0.309 e. The van der Waals surface area contributed by atoms with E-state index in [4.69, 9.17) is 5.26 Å². The topological polar surface area (TPSA) is 63.1 Å². The standard InChI is InChI=1S/C20H14N4O/c21-12-13-3-5-14(6-4-13)17-18-16(2-1-9-22-18)24-11-10-23(15-7-8-15)20(25)19(17)24/h1-6,9-11,15H,7-8H2. The minimum Gasteiger partial charge on any atom is -0.309 e. The first-order valence-corrected chi connectivity index (χ1v) is 8.28. The number of nitrogens with zero attached hydrogens (tertiary/aromatic N) is 4. The molecule has 0 atom stereocenters. The summed E-state index contributed by atoms with van der Waals surface area (Å²) >= 11 is 0. The van der Waals surface area contributed by atoms with Crippen LogP contribution in [0, 0.1) is 11.3 Å². The zero-order valence-electron chi connectivity index (χ0n) is 13.4. The molecule has 0 amide bonds. The maximum atomic E-state index is 13.2. The van der Waals surface area contributed by atoms with Crippen LogP contribution >= 0.6 is 0 Å². The Bertz CT molecular complexity index is 1220. The Morgan fingerprint density at radius 3 is 2.64 bits per heavy atom. The van der Waals surface area contributed by atoms with Crippen molar-refractivity contribution in [2.75, 3.05) is 0 Å². The van der Waals surface area contributed by atoms with E-state index >= 15 is 0 Å². The third kappa shape index (κ3) is 2.01. The van der Waals surface area contributed by atoms with Gasteiger partial charge in [-0.2, -0.15) is 5.26 Å². The fourth-order valence-electron chi connectivity index (χ4n) is 3.46. The van der Waals surface area contributed by atoms with Crippen LogP contribution in [0.15, 0.2) is 59.8 Å². The quantitative estimate of drug-likeness (QED) is 0.566. The van der Waals surface area contributed by atoms with Gasteiger partial charge in [-0.3, -0.25) is 9.78 Å². The van der Waals surface area contributed by atoms with Crippen LogP contribution < -0.4 is 5.56 Å². The Balaban J connectivity index is 1.92. The monoisotopic (exact) mass is 326 g/mol. The van der Waals surface area contributed by atoms with E-state index in [-0.39, 0.29) is 5.56 Å². The molecule has 1 aliphatic rings. The lowest BCUT2D eigenvalue weighted by atomic mass is 10.0. The van der Waals surface area contributed by atoms with E-state index in [1.54, 1.807) is 18.3 Å². The summed E-state index contributed by atoms with van der Waals surface area (Å²) in [6.07, 6.45) is 7.68. The third-order valence-corrected chi connectivity index (χ3v) is 4.82. The zero-order chi connectivity index (χ0) is 17.0. The van der Waals surface area contributed by atoms with E-state index in [1.165, 1.54) is 0 Å². The van der Waals surface area contributed by atoms with Crippen molar-refractivity contribution in [1.82, 2.24) is 14.0 Å². The predicted molar refractivity (Wildman–Crippen MR) is 95.4 cm³/mol. The molecule has 1 aromatic carbocycles. The molecular weight excluding hydrogens is 312 g/mol. The average Bonchev–Trinajstić information content (AvgIpc) is 3.44. The number of hydrogen-bond acceptors (Lipinski definition) is 3. The molecule has 4 aromatic rings. The van der Waals surface area contributed by atoms with Crippen LogP contribution in [0.5, 0.6) is 0 Å². The smallest absolute Gasteiger partial charge is 0.275 e. The van der Waals surface area contributed by atoms with Crippen LogP contribution in [0.25, 0.3) is 27.7 Å². The molecule has 5 nitrogen and oxygen atoms in total. The van der Waals surface area contributed by atoms with Crippen molar-refractivity contribution in [3.63, 3.8) is 0 Å². The van der Waals surface area contributed by atoms with Gasteiger partial charge in [0.2, 0.25) is 0 Å². The van der Waals surface area contributed by atoms with Gasteiger partial charge in [-0.15, -0.1) is 0 Å². The zero-order valence-corrected chi connectivity index (χ0v) is 13.4. The lowest BCUT2D eigenvalue weighted by molar-refractivity contribution is 0.704. The SMILES string of the molecule is N#Cc1ccc(-c2c3ncccc3n3ccn(C4CC4)c(=O)c23)cc1. The molecule has 1 aliphatic carbocycles. The van der Waals surface area contributed by atoms with E-state index < -0.39 is 0 Å². The molecule has 3 aromatic heterocycles. The highest BCUT2D eigenvalue weighted by molar-refractivity contribution is 6.03. The van der Waals surface area contributed by atoms with Gasteiger partial charge in [0.25, 0.3) is 5.56 Å². The first-order valence-electron chi connectivity index (χ1n) is 8.28. The van der Waals surface area contributed by atoms with Crippen molar-refractivity contribution in [3.8, 4) is 17.2 Å². The number of aromatic nitrogens is 3. The van der Waals surface area contributed by atoms with Crippen molar-refractivity contribution in [2.45, 2.75) is 18.9 Å². The molecule has 0 radical (unpaired) electrons. The minimum absolute atomic E-state index is 0.0161. The van der Waals surface area contributed by atoms with Gasteiger partial charge in [-0.05, 0) is 42.7 Å². The van der Waals surface area contributed by atoms with Crippen molar-refractivity contribution in [2.24, 2.45) is 0 Å². The summed E-state index contributed by atoms with van der Waals surface area (Å²) < 4.78 is 3.76. The second-order valence-corrected chi connectivity index (χ2v) is 6.40. The first-order chi connectivity index (χ1) is 12.3. The van der Waals surface area contributed by atoms with Gasteiger partial charge < -0.3 is 8.97 Å². The minimum atomic E-state index is 0.0161. The van der Waals surface area contributed by atoms with E-state index in [2.05, 4.69) is 11.1 Å². The molecule has 0 spiro atoms. The maximum Gasteiger partial charge on any atom is 0.275 e. The lowest BCUT2D eigenvalue weighted by Crippen LogP contribution is -2.20. The Labute approximate surface area is 143 Å². The number of pyridine rings is 1. The summed E-state index contributed by atoms with van der Waals surface area (Å²) in [6, 6.07) is 13.6. The van der Waals surface area contributed by atoms with Crippen LogP contribution in [0.4, 0.5) is 0 Å². The Kier molecular flexibility index (Phi) is 2.83. The first kappa shape index (κ1) is 14.0. The molecule has 5 heteroatoms. The lowest BCUT2D eigenvalue weighted by Gasteiger charge is -2.06. The van der Waals surface area contributed by atoms with Crippen molar-refractivity contribution >= 4 is 16.6 Å². The second kappa shape index (κ2) is 5.05. The fourth-order valence-corrected chi connectivity index (χ4v) is 3.46. The van der Waals surface area contributed by atoms with Gasteiger partial charge in [0, 0.05) is 30.2 Å². The molecular formula is C20H14N4O. The van der Waals surface area contributed by atoms with E-state index in [0.717, 1.165) is 35.0 Å². The summed E-state index contributed by atoms with van der Waals surface area (Å²) in [6.45, 7) is 0. The highest BCUT2D eigenvalue weighted by Gasteiger charge is 2.27. The summed E-state index contributed by atoms with van der Waals surface area (Å²) in [7, 11) is 0. The molecule has 0 N–H and O–H groups in total. The molecule has 5 rings (SSSR count). The van der Waals surface area contributed by atoms with Crippen molar-refractivity contribution in [3.05, 3.63) is 70.9 Å². The second-order valence-electron chi connectivity index (χ2n) is 6.40. The van der Waals surface area contributed by atoms with Crippen LogP contribution in [-0.2, 0) is 0 Å². The van der Waals surface area contributed by atoms with Crippen molar-refractivity contribution < 1.29 is 0 Å². The van der Waals surface area contributed by atoms with E-state index in [1.807, 2.05) is 45.6 Å². The average molecular weight is 326 g/mol. The number of fused-ring (bicyclic) bond motifs is 3. The molecule has 120 valence electrons. The Morgan fingerprint density at radius 1 is 1.12 bits per heavy atom. The van der Waals surface area contributed by atoms with Crippen LogP contribution in [0.2, 0.25) is 0 Å². The summed E-state index contributed by atoms with van der Waals surface area (Å²) in [5.41, 5.74) is 4.71. The molecule has 0 bridgehead atoms. The van der Waals surface area contributed by atoms with Gasteiger partial charge >= 0.3 is 0 Å². The summed E-state index contributed by atoms with van der Waals surface area (Å²) in [5, 5.41) is 9.03. The van der Waals surface area contributed by atoms with Gasteiger partial charge in [-0.25, -0.2) is 0 Å². The predicted octanol–water partition coefficient (Wildman–Crippen LogP) is 3.52. The van der Waals surface area contributed by atoms with Gasteiger partial charge in [0.15, 0.2) is 0 Å². The van der Waals surface area contributed by atoms with Crippen molar-refractivity contribution in [1.29, 1.82) is 5.26 Å². The van der Waals surface area contributed by atoms with E-state index in [9.17, 15) is 4.79 Å². The Morgan fingerprint density at radius 2 is 1.92 bits per heavy atom. The molecule has 0 unspecified atom stereocenters. The molecule has 1 saturated carbocycles. The van der Waals surface area contributed by atoms with Crippen LogP contribution in [0.1, 0.15) is 24.4 Å². The maximum absolute atomic E-state index is 13.2. The normalized spacial score (nSPS) is 14.0. The number of benzene rings is 1. The molecule has 1 fully saturated rings. The van der Waals surface area contributed by atoms with Gasteiger partial charge in [-0.1, -0.05) is 12.1 Å². The molecule has 0 saturated heterocycles. The third-order valence-electron chi connectivity index (χ3n) is 4.82. The molecule has 25 heavy (non-hydrogen) atoms. The fraction of sp³-hybridized carbons (Fsp3) is 0.150. The number of hydrogen-bond donors (Lipinski definition) is 0. The van der Waals surface area contributed by atoms with Gasteiger partial charge in [0.1, 0.15) is 5.52 Å². The molecule has 3 heterocycles. The van der Waals surface area contributed by atoms with Gasteiger partial charge in [0.05, 0.1) is 22.7 Å². The highest BCUT2D eigenvalue weighted by atomic mass is 16.1. The van der Waals surface area contributed by atoms with E-state index in [0.29, 0.717) is 17.1 Å². The van der Waals surface area contributed by atoms with Crippen LogP contribution in [-0.4, -0.2) is 14.0 Å². The highest BCUT2D eigenvalue weighted by Crippen LogP contribution is 2.36. The van der Waals surface area contributed by atoms with Crippen LogP contribution in [0.3, 0.4) is 0 Å². The summed E-state index contributed by atoms with van der Waals surface area (Å²) in [4.78, 5) is 17.7. The Hall–Kier alpha value is -3.39. The number of rotatable bonds is 2. The molecule has 0 aliphatic heterocycles.